The largest absolute Gasteiger partial charge is 0.334 e. The van der Waals surface area contributed by atoms with Crippen LogP contribution >= 0.6 is 11.8 Å². The van der Waals surface area contributed by atoms with E-state index >= 15 is 0 Å². The first kappa shape index (κ1) is 13.1. The number of halogens is 2. The van der Waals surface area contributed by atoms with Crippen LogP contribution in [0.2, 0.25) is 0 Å². The lowest BCUT2D eigenvalue weighted by molar-refractivity contribution is 0.202. The van der Waals surface area contributed by atoms with Gasteiger partial charge in [-0.1, -0.05) is 0 Å². The standard InChI is InChI=1S/C12H14F2N2OS/c13-10-5-9(6-11(14)7-10)8-15-12(17)16-1-3-18-4-2-16/h5-7H,1-4,8H2,(H,15,17). The van der Waals surface area contributed by atoms with E-state index in [2.05, 4.69) is 5.32 Å². The van der Waals surface area contributed by atoms with Crippen LogP contribution in [0.5, 0.6) is 0 Å². The minimum Gasteiger partial charge on any atom is -0.334 e. The van der Waals surface area contributed by atoms with Gasteiger partial charge in [-0.2, -0.15) is 11.8 Å². The van der Waals surface area contributed by atoms with Gasteiger partial charge in [-0.15, -0.1) is 0 Å². The van der Waals surface area contributed by atoms with Crippen molar-refractivity contribution in [2.75, 3.05) is 24.6 Å². The number of hydrogen-bond donors (Lipinski definition) is 1. The van der Waals surface area contributed by atoms with Crippen LogP contribution in [0.3, 0.4) is 0 Å². The second-order valence-electron chi connectivity index (χ2n) is 4.04. The third-order valence-electron chi connectivity index (χ3n) is 2.66. The Balaban J connectivity index is 1.88. The summed E-state index contributed by atoms with van der Waals surface area (Å²) < 4.78 is 25.9. The molecule has 2 amide bonds. The summed E-state index contributed by atoms with van der Waals surface area (Å²) in [5.41, 5.74) is 0.423. The van der Waals surface area contributed by atoms with Crippen molar-refractivity contribution in [1.29, 1.82) is 0 Å². The Morgan fingerprint density at radius 3 is 2.44 bits per heavy atom. The Labute approximate surface area is 109 Å². The Morgan fingerprint density at radius 2 is 1.83 bits per heavy atom. The highest BCUT2D eigenvalue weighted by atomic mass is 32.2. The number of urea groups is 1. The molecule has 3 nitrogen and oxygen atoms in total. The molecule has 1 N–H and O–H groups in total. The van der Waals surface area contributed by atoms with Crippen molar-refractivity contribution in [3.63, 3.8) is 0 Å². The van der Waals surface area contributed by atoms with Gasteiger partial charge in [-0.05, 0) is 17.7 Å². The molecule has 0 aliphatic carbocycles. The summed E-state index contributed by atoms with van der Waals surface area (Å²) in [6.45, 7) is 1.57. The second-order valence-corrected chi connectivity index (χ2v) is 5.26. The lowest BCUT2D eigenvalue weighted by atomic mass is 10.2. The van der Waals surface area contributed by atoms with Crippen LogP contribution in [0.15, 0.2) is 18.2 Å². The number of amides is 2. The Morgan fingerprint density at radius 1 is 1.22 bits per heavy atom. The number of nitrogens with zero attached hydrogens (tertiary/aromatic N) is 1. The summed E-state index contributed by atoms with van der Waals surface area (Å²) in [4.78, 5) is 13.5. The van der Waals surface area contributed by atoms with Crippen LogP contribution in [-0.2, 0) is 6.54 Å². The maximum absolute atomic E-state index is 12.9. The minimum atomic E-state index is -0.631. The van der Waals surface area contributed by atoms with Gasteiger partial charge in [-0.25, -0.2) is 13.6 Å². The third-order valence-corrected chi connectivity index (χ3v) is 3.61. The van der Waals surface area contributed by atoms with E-state index in [0.29, 0.717) is 18.7 Å². The van der Waals surface area contributed by atoms with Crippen molar-refractivity contribution in [1.82, 2.24) is 10.2 Å². The Kier molecular flexibility index (Phi) is 4.41. The van der Waals surface area contributed by atoms with Crippen LogP contribution in [0.1, 0.15) is 5.56 Å². The molecule has 0 atom stereocenters. The molecule has 1 aromatic rings. The number of hydrogen-bond acceptors (Lipinski definition) is 2. The molecular weight excluding hydrogens is 258 g/mol. The first-order valence-corrected chi connectivity index (χ1v) is 6.86. The third kappa shape index (κ3) is 3.60. The van der Waals surface area contributed by atoms with E-state index in [1.807, 2.05) is 11.8 Å². The van der Waals surface area contributed by atoms with Crippen molar-refractivity contribution in [2.45, 2.75) is 6.54 Å². The van der Waals surface area contributed by atoms with E-state index in [1.165, 1.54) is 12.1 Å². The number of benzene rings is 1. The molecule has 1 fully saturated rings. The highest BCUT2D eigenvalue weighted by Gasteiger charge is 2.16. The first-order chi connectivity index (χ1) is 8.65. The van der Waals surface area contributed by atoms with Gasteiger partial charge >= 0.3 is 6.03 Å². The zero-order chi connectivity index (χ0) is 13.0. The number of rotatable bonds is 2. The topological polar surface area (TPSA) is 32.3 Å². The van der Waals surface area contributed by atoms with Crippen molar-refractivity contribution >= 4 is 17.8 Å². The van der Waals surface area contributed by atoms with E-state index in [-0.39, 0.29) is 12.6 Å². The monoisotopic (exact) mass is 272 g/mol. The van der Waals surface area contributed by atoms with Gasteiger partial charge in [0.05, 0.1) is 0 Å². The molecule has 1 aliphatic rings. The normalized spacial score (nSPS) is 15.6. The number of carbonyl (C=O) groups is 1. The zero-order valence-corrected chi connectivity index (χ0v) is 10.6. The summed E-state index contributed by atoms with van der Waals surface area (Å²) in [7, 11) is 0. The van der Waals surface area contributed by atoms with E-state index in [4.69, 9.17) is 0 Å². The molecule has 1 aliphatic heterocycles. The SMILES string of the molecule is O=C(NCc1cc(F)cc(F)c1)N1CCSCC1. The molecule has 0 spiro atoms. The Hall–Kier alpha value is -1.30. The highest BCUT2D eigenvalue weighted by molar-refractivity contribution is 7.99. The van der Waals surface area contributed by atoms with Crippen molar-refractivity contribution in [3.05, 3.63) is 35.4 Å². The molecule has 0 unspecified atom stereocenters. The second kappa shape index (κ2) is 6.04. The predicted molar refractivity (Wildman–Crippen MR) is 67.5 cm³/mol. The molecule has 1 saturated heterocycles. The molecule has 2 rings (SSSR count). The van der Waals surface area contributed by atoms with Crippen LogP contribution in [0.4, 0.5) is 13.6 Å². The van der Waals surface area contributed by atoms with Gasteiger partial charge in [0.15, 0.2) is 0 Å². The average Bonchev–Trinajstić information content (AvgIpc) is 2.36. The van der Waals surface area contributed by atoms with Crippen LogP contribution in [0, 0.1) is 11.6 Å². The predicted octanol–water partition coefficient (Wildman–Crippen LogP) is 2.22. The van der Waals surface area contributed by atoms with Gasteiger partial charge in [0.2, 0.25) is 0 Å². The van der Waals surface area contributed by atoms with Crippen LogP contribution in [0.25, 0.3) is 0 Å². The molecule has 1 aromatic carbocycles. The fourth-order valence-corrected chi connectivity index (χ4v) is 2.67. The number of nitrogens with one attached hydrogen (secondary N) is 1. The average molecular weight is 272 g/mol. The summed E-state index contributed by atoms with van der Waals surface area (Å²) >= 11 is 1.81. The maximum Gasteiger partial charge on any atom is 0.317 e. The molecule has 0 radical (unpaired) electrons. The lowest BCUT2D eigenvalue weighted by Crippen LogP contribution is -2.44. The molecule has 18 heavy (non-hydrogen) atoms. The van der Waals surface area contributed by atoms with Crippen molar-refractivity contribution in [3.8, 4) is 0 Å². The maximum atomic E-state index is 12.9. The van der Waals surface area contributed by atoms with Crippen LogP contribution in [-0.4, -0.2) is 35.5 Å². The lowest BCUT2D eigenvalue weighted by Gasteiger charge is -2.26. The molecule has 98 valence electrons. The van der Waals surface area contributed by atoms with Crippen LogP contribution < -0.4 is 5.32 Å². The molecule has 0 saturated carbocycles. The van der Waals surface area contributed by atoms with Gasteiger partial charge in [0.25, 0.3) is 0 Å². The summed E-state index contributed by atoms with van der Waals surface area (Å²) in [5, 5.41) is 2.67. The van der Waals surface area contributed by atoms with Crippen molar-refractivity contribution in [2.24, 2.45) is 0 Å². The van der Waals surface area contributed by atoms with E-state index < -0.39 is 11.6 Å². The molecule has 6 heteroatoms. The van der Waals surface area contributed by atoms with E-state index in [9.17, 15) is 13.6 Å². The van der Waals surface area contributed by atoms with Gasteiger partial charge in [0, 0.05) is 37.2 Å². The summed E-state index contributed by atoms with van der Waals surface area (Å²) in [5.74, 6) is 0.603. The fourth-order valence-electron chi connectivity index (χ4n) is 1.77. The smallest absolute Gasteiger partial charge is 0.317 e. The van der Waals surface area contributed by atoms with Gasteiger partial charge < -0.3 is 10.2 Å². The van der Waals surface area contributed by atoms with Gasteiger partial charge in [-0.3, -0.25) is 0 Å². The summed E-state index contributed by atoms with van der Waals surface area (Å²) in [6.07, 6.45) is 0. The van der Waals surface area contributed by atoms with Gasteiger partial charge in [0.1, 0.15) is 11.6 Å². The summed E-state index contributed by atoms with van der Waals surface area (Å²) in [6, 6.07) is 3.07. The molecular formula is C12H14F2N2OS. The quantitative estimate of drug-likeness (QED) is 0.895. The molecule has 1 heterocycles. The minimum absolute atomic E-state index is 0.136. The molecule has 0 aromatic heterocycles. The highest BCUT2D eigenvalue weighted by Crippen LogP contribution is 2.10. The fraction of sp³-hybridized carbons (Fsp3) is 0.417. The number of carbonyl (C=O) groups excluding carboxylic acids is 1. The molecule has 0 bridgehead atoms. The Bertz CT molecular complexity index is 416. The van der Waals surface area contributed by atoms with Crippen molar-refractivity contribution < 1.29 is 13.6 Å². The zero-order valence-electron chi connectivity index (χ0n) is 9.79. The van der Waals surface area contributed by atoms with E-state index in [0.717, 1.165) is 17.6 Å². The number of thioether (sulfide) groups is 1. The first-order valence-electron chi connectivity index (χ1n) is 5.70. The van der Waals surface area contributed by atoms with E-state index in [1.54, 1.807) is 4.90 Å².